The molecule has 6 heteroatoms. The largest absolute Gasteiger partial charge is 1.00 e. The Morgan fingerprint density at radius 1 is 1.59 bits per heavy atom. The summed E-state index contributed by atoms with van der Waals surface area (Å²) in [6.07, 6.45) is 2.56. The molecule has 2 unspecified atom stereocenters. The minimum absolute atomic E-state index is 0. The standard InChI is InChI=1S/C11H16N2O3.Na/c1-4-6-11(7(3)5-2)8(14)12-10(16)13-9(11)15;/h5,7H,2,4,6H2,1,3H3,(H2,12,13,14,15,16);/q;+1/p-1. The summed E-state index contributed by atoms with van der Waals surface area (Å²) in [5.41, 5.74) is -1.26. The third kappa shape index (κ3) is 2.78. The zero-order valence-corrected chi connectivity index (χ0v) is 12.4. The summed E-state index contributed by atoms with van der Waals surface area (Å²) in [5, 5.41) is 13.0. The molecule has 88 valence electrons. The first-order valence-electron chi connectivity index (χ1n) is 5.23. The number of carbonyl (C=O) groups is 2. The van der Waals surface area contributed by atoms with Crippen LogP contribution < -0.4 is 40.0 Å². The van der Waals surface area contributed by atoms with Gasteiger partial charge < -0.3 is 10.4 Å². The van der Waals surface area contributed by atoms with Gasteiger partial charge in [0.25, 0.3) is 5.91 Å². The van der Waals surface area contributed by atoms with Gasteiger partial charge in [-0.1, -0.05) is 26.3 Å². The molecule has 1 aliphatic heterocycles. The monoisotopic (exact) mass is 246 g/mol. The van der Waals surface area contributed by atoms with Crippen molar-refractivity contribution in [3.8, 4) is 0 Å². The van der Waals surface area contributed by atoms with Gasteiger partial charge >= 0.3 is 29.6 Å². The molecular weight excluding hydrogens is 231 g/mol. The first-order chi connectivity index (χ1) is 7.48. The van der Waals surface area contributed by atoms with Crippen molar-refractivity contribution >= 4 is 17.8 Å². The van der Waals surface area contributed by atoms with E-state index in [4.69, 9.17) is 0 Å². The second-order valence-corrected chi connectivity index (χ2v) is 3.92. The number of allylic oxidation sites excluding steroid dienone is 1. The van der Waals surface area contributed by atoms with Gasteiger partial charge in [0.15, 0.2) is 0 Å². The quantitative estimate of drug-likeness (QED) is 0.325. The van der Waals surface area contributed by atoms with Crippen LogP contribution in [-0.2, 0) is 9.59 Å². The minimum atomic E-state index is -1.26. The van der Waals surface area contributed by atoms with Crippen molar-refractivity contribution in [1.82, 2.24) is 5.32 Å². The van der Waals surface area contributed by atoms with Crippen molar-refractivity contribution in [3.63, 3.8) is 0 Å². The summed E-state index contributed by atoms with van der Waals surface area (Å²) in [4.78, 5) is 27.0. The number of aliphatic imine (C=N–C) groups is 1. The maximum Gasteiger partial charge on any atom is 1.00 e. The van der Waals surface area contributed by atoms with E-state index in [2.05, 4.69) is 16.9 Å². The van der Waals surface area contributed by atoms with E-state index in [0.29, 0.717) is 12.8 Å². The van der Waals surface area contributed by atoms with Crippen molar-refractivity contribution in [1.29, 1.82) is 0 Å². The van der Waals surface area contributed by atoms with Crippen LogP contribution >= 0.6 is 0 Å². The number of rotatable bonds is 4. The van der Waals surface area contributed by atoms with Gasteiger partial charge in [0, 0.05) is 0 Å². The van der Waals surface area contributed by atoms with Crippen LogP contribution in [0.5, 0.6) is 0 Å². The van der Waals surface area contributed by atoms with E-state index in [-0.39, 0.29) is 35.5 Å². The maximum atomic E-state index is 11.9. The van der Waals surface area contributed by atoms with Crippen LogP contribution in [0.25, 0.3) is 0 Å². The van der Waals surface area contributed by atoms with Gasteiger partial charge in [-0.15, -0.1) is 6.58 Å². The summed E-state index contributed by atoms with van der Waals surface area (Å²) < 4.78 is 0. The Kier molecular flexibility index (Phi) is 6.09. The van der Waals surface area contributed by atoms with E-state index in [9.17, 15) is 14.7 Å². The molecule has 1 rings (SSSR count). The molecule has 1 heterocycles. The van der Waals surface area contributed by atoms with E-state index < -0.39 is 23.3 Å². The van der Waals surface area contributed by atoms with E-state index in [1.54, 1.807) is 13.0 Å². The Morgan fingerprint density at radius 2 is 2.18 bits per heavy atom. The fourth-order valence-electron chi connectivity index (χ4n) is 1.97. The number of amidine groups is 1. The van der Waals surface area contributed by atoms with Crippen LogP contribution in [0.15, 0.2) is 17.6 Å². The zero-order valence-electron chi connectivity index (χ0n) is 10.4. The second-order valence-electron chi connectivity index (χ2n) is 3.92. The Balaban J connectivity index is 0.00000256. The molecule has 0 saturated carbocycles. The van der Waals surface area contributed by atoms with Gasteiger partial charge in [0.1, 0.15) is 5.41 Å². The van der Waals surface area contributed by atoms with Gasteiger partial charge in [0.05, 0.1) is 6.02 Å². The van der Waals surface area contributed by atoms with Crippen molar-refractivity contribution < 1.29 is 44.3 Å². The van der Waals surface area contributed by atoms with Crippen LogP contribution in [0.2, 0.25) is 0 Å². The van der Waals surface area contributed by atoms with E-state index in [0.717, 1.165) is 0 Å². The summed E-state index contributed by atoms with van der Waals surface area (Å²) >= 11 is 0. The SMILES string of the molecule is C=CC(C)C1(CCC)C(=O)N=C([O-])NC1=O.[Na+]. The number of hydrogen-bond donors (Lipinski definition) is 1. The van der Waals surface area contributed by atoms with E-state index >= 15 is 0 Å². The topological polar surface area (TPSA) is 81.6 Å². The molecule has 0 radical (unpaired) electrons. The summed E-state index contributed by atoms with van der Waals surface area (Å²) in [6, 6.07) is -0.877. The normalized spacial score (nSPS) is 25.4. The first kappa shape index (κ1) is 16.4. The van der Waals surface area contributed by atoms with Crippen LogP contribution in [-0.4, -0.2) is 17.8 Å². The molecule has 0 aromatic heterocycles. The minimum Gasteiger partial charge on any atom is -0.846 e. The molecule has 2 atom stereocenters. The molecule has 2 amide bonds. The Morgan fingerprint density at radius 3 is 2.59 bits per heavy atom. The average molecular weight is 246 g/mol. The fraction of sp³-hybridized carbons (Fsp3) is 0.545. The van der Waals surface area contributed by atoms with Gasteiger partial charge in [-0.25, -0.2) is 4.99 Å². The van der Waals surface area contributed by atoms with E-state index in [1.165, 1.54) is 0 Å². The van der Waals surface area contributed by atoms with Crippen LogP contribution in [0.3, 0.4) is 0 Å². The van der Waals surface area contributed by atoms with Crippen molar-refractivity contribution in [2.45, 2.75) is 26.7 Å². The van der Waals surface area contributed by atoms with Crippen LogP contribution in [0.1, 0.15) is 26.7 Å². The van der Waals surface area contributed by atoms with Crippen LogP contribution in [0, 0.1) is 11.3 Å². The van der Waals surface area contributed by atoms with Crippen molar-refractivity contribution in [2.75, 3.05) is 0 Å². The predicted octanol–water partition coefficient (Wildman–Crippen LogP) is -3.03. The number of amides is 2. The molecule has 17 heavy (non-hydrogen) atoms. The molecule has 0 bridgehead atoms. The molecule has 0 saturated heterocycles. The van der Waals surface area contributed by atoms with Gasteiger partial charge in [-0.05, 0) is 12.3 Å². The number of hydrogen-bond acceptors (Lipinski definition) is 3. The molecule has 0 aliphatic carbocycles. The third-order valence-corrected chi connectivity index (χ3v) is 2.99. The smallest absolute Gasteiger partial charge is 0.846 e. The molecule has 1 aliphatic rings. The zero-order chi connectivity index (χ0) is 12.3. The molecule has 0 aromatic rings. The van der Waals surface area contributed by atoms with Crippen molar-refractivity contribution in [3.05, 3.63) is 12.7 Å². The number of nitrogens with zero attached hydrogens (tertiary/aromatic N) is 1. The molecule has 0 spiro atoms. The molecule has 0 aromatic carbocycles. The van der Waals surface area contributed by atoms with E-state index in [1.807, 2.05) is 6.92 Å². The first-order valence-corrected chi connectivity index (χ1v) is 5.23. The maximum absolute atomic E-state index is 11.9. The summed E-state index contributed by atoms with van der Waals surface area (Å²) in [7, 11) is 0. The Labute approximate surface area is 123 Å². The Hall–Kier alpha value is -0.650. The predicted molar refractivity (Wildman–Crippen MR) is 57.3 cm³/mol. The van der Waals surface area contributed by atoms with Crippen LogP contribution in [0.4, 0.5) is 0 Å². The van der Waals surface area contributed by atoms with Crippen molar-refractivity contribution in [2.24, 2.45) is 16.3 Å². The molecule has 5 nitrogen and oxygen atoms in total. The van der Waals surface area contributed by atoms with Gasteiger partial charge in [0.2, 0.25) is 5.91 Å². The van der Waals surface area contributed by atoms with Gasteiger partial charge in [-0.3, -0.25) is 9.59 Å². The second kappa shape index (κ2) is 6.33. The number of carbonyl (C=O) groups excluding carboxylic acids is 2. The molecule has 1 N–H and O–H groups in total. The van der Waals surface area contributed by atoms with Gasteiger partial charge in [-0.2, -0.15) is 0 Å². The molecular formula is C11H15N2NaO3. The summed E-state index contributed by atoms with van der Waals surface area (Å²) in [5.74, 6) is -1.57. The molecule has 0 fully saturated rings. The Bertz CT molecular complexity index is 368. The average Bonchev–Trinajstić information content (AvgIpc) is 2.22. The summed E-state index contributed by atoms with van der Waals surface area (Å²) in [6.45, 7) is 7.19. The third-order valence-electron chi connectivity index (χ3n) is 2.99. The number of nitrogens with one attached hydrogen (secondary N) is 1. The fourth-order valence-corrected chi connectivity index (χ4v) is 1.97.